The lowest BCUT2D eigenvalue weighted by Gasteiger charge is -2.28. The highest BCUT2D eigenvalue weighted by molar-refractivity contribution is 6.31. The zero-order valence-electron chi connectivity index (χ0n) is 14.2. The van der Waals surface area contributed by atoms with Gasteiger partial charge in [0.05, 0.1) is 11.6 Å². The van der Waals surface area contributed by atoms with E-state index in [2.05, 4.69) is 16.0 Å². The lowest BCUT2D eigenvalue weighted by Crippen LogP contribution is -2.46. The largest absolute Gasteiger partial charge is 0.327 e. The van der Waals surface area contributed by atoms with Gasteiger partial charge in [0, 0.05) is 16.4 Å². The molecule has 0 aliphatic carbocycles. The fourth-order valence-electron chi connectivity index (χ4n) is 2.82. The van der Waals surface area contributed by atoms with Crippen LogP contribution in [0.3, 0.4) is 0 Å². The van der Waals surface area contributed by atoms with Gasteiger partial charge in [-0.2, -0.15) is 0 Å². The molecule has 2 aromatic rings. The van der Waals surface area contributed by atoms with E-state index in [1.54, 1.807) is 25.1 Å². The third-order valence-electron chi connectivity index (χ3n) is 4.16. The quantitative estimate of drug-likeness (QED) is 0.759. The molecule has 3 amide bonds. The van der Waals surface area contributed by atoms with Crippen LogP contribution in [-0.4, -0.2) is 11.9 Å². The van der Waals surface area contributed by atoms with E-state index >= 15 is 0 Å². The standard InChI is InChI=1S/C19H17ClFN3O2/c1-10-3-6-13(20)9-15(10)23-18(25)16-11(2)22-19(26)24-17(16)12-4-7-14(21)8-5-12/h3-9,17H,1-2H3,(H,23,25)(H2,22,24,26). The van der Waals surface area contributed by atoms with Crippen LogP contribution in [-0.2, 0) is 4.79 Å². The van der Waals surface area contributed by atoms with Crippen molar-refractivity contribution in [1.82, 2.24) is 10.6 Å². The van der Waals surface area contributed by atoms with Crippen molar-refractivity contribution in [3.8, 4) is 0 Å². The summed E-state index contributed by atoms with van der Waals surface area (Å²) in [7, 11) is 0. The van der Waals surface area contributed by atoms with Crippen molar-refractivity contribution in [3.63, 3.8) is 0 Å². The average Bonchev–Trinajstić information content (AvgIpc) is 2.58. The second kappa shape index (κ2) is 7.17. The molecule has 1 aliphatic rings. The fourth-order valence-corrected chi connectivity index (χ4v) is 2.99. The van der Waals surface area contributed by atoms with Crippen LogP contribution >= 0.6 is 11.6 Å². The molecule has 1 atom stereocenters. The van der Waals surface area contributed by atoms with Crippen LogP contribution in [0.4, 0.5) is 14.9 Å². The first-order valence-electron chi connectivity index (χ1n) is 7.96. The number of amides is 3. The van der Waals surface area contributed by atoms with Gasteiger partial charge in [0.15, 0.2) is 0 Å². The molecule has 1 heterocycles. The highest BCUT2D eigenvalue weighted by Gasteiger charge is 2.31. The summed E-state index contributed by atoms with van der Waals surface area (Å²) in [5, 5.41) is 8.64. The van der Waals surface area contributed by atoms with E-state index in [0.717, 1.165) is 5.56 Å². The molecule has 2 aromatic carbocycles. The van der Waals surface area contributed by atoms with Crippen molar-refractivity contribution >= 4 is 29.2 Å². The molecule has 0 aromatic heterocycles. The number of rotatable bonds is 3. The topological polar surface area (TPSA) is 70.2 Å². The van der Waals surface area contributed by atoms with Crippen molar-refractivity contribution in [1.29, 1.82) is 0 Å². The van der Waals surface area contributed by atoms with E-state index in [1.165, 1.54) is 24.3 Å². The Morgan fingerprint density at radius 3 is 2.54 bits per heavy atom. The SMILES string of the molecule is CC1=C(C(=O)Nc2cc(Cl)ccc2C)C(c2ccc(F)cc2)NC(=O)N1. The Hall–Kier alpha value is -2.86. The molecule has 0 spiro atoms. The first-order chi connectivity index (χ1) is 12.3. The second-order valence-corrected chi connectivity index (χ2v) is 6.47. The van der Waals surface area contributed by atoms with Crippen LogP contribution < -0.4 is 16.0 Å². The van der Waals surface area contributed by atoms with Crippen molar-refractivity contribution in [2.45, 2.75) is 19.9 Å². The maximum atomic E-state index is 13.2. The Morgan fingerprint density at radius 1 is 1.15 bits per heavy atom. The summed E-state index contributed by atoms with van der Waals surface area (Å²) in [4.78, 5) is 24.8. The number of carbonyl (C=O) groups excluding carboxylic acids is 2. The summed E-state index contributed by atoms with van der Waals surface area (Å²) in [6.45, 7) is 3.50. The predicted octanol–water partition coefficient (Wildman–Crippen LogP) is 4.05. The first kappa shape index (κ1) is 17.9. The number of hydrogen-bond donors (Lipinski definition) is 3. The maximum absolute atomic E-state index is 13.2. The summed E-state index contributed by atoms with van der Waals surface area (Å²) >= 11 is 6.01. The first-order valence-corrected chi connectivity index (χ1v) is 8.34. The Labute approximate surface area is 155 Å². The average molecular weight is 374 g/mol. The van der Waals surface area contributed by atoms with Crippen LogP contribution in [0.15, 0.2) is 53.7 Å². The van der Waals surface area contributed by atoms with E-state index < -0.39 is 17.9 Å². The van der Waals surface area contributed by atoms with Gasteiger partial charge < -0.3 is 16.0 Å². The van der Waals surface area contributed by atoms with Crippen LogP contribution in [0.1, 0.15) is 24.1 Å². The Morgan fingerprint density at radius 2 is 1.85 bits per heavy atom. The van der Waals surface area contributed by atoms with Crippen molar-refractivity contribution in [3.05, 3.63) is 75.7 Å². The molecular weight excluding hydrogens is 357 g/mol. The minimum Gasteiger partial charge on any atom is -0.327 e. The van der Waals surface area contributed by atoms with Crippen molar-refractivity contribution in [2.75, 3.05) is 5.32 Å². The third-order valence-corrected chi connectivity index (χ3v) is 4.40. The number of aryl methyl sites for hydroxylation is 1. The molecule has 1 aliphatic heterocycles. The summed E-state index contributed by atoms with van der Waals surface area (Å²) in [5.41, 5.74) is 2.81. The molecule has 5 nitrogen and oxygen atoms in total. The van der Waals surface area contributed by atoms with Gasteiger partial charge in [0.2, 0.25) is 0 Å². The normalized spacial score (nSPS) is 16.8. The van der Waals surface area contributed by atoms with Crippen LogP contribution in [0, 0.1) is 12.7 Å². The van der Waals surface area contributed by atoms with Gasteiger partial charge in [-0.05, 0) is 49.2 Å². The number of anilines is 1. The van der Waals surface area contributed by atoms with Gasteiger partial charge in [0.1, 0.15) is 5.82 Å². The van der Waals surface area contributed by atoms with Gasteiger partial charge in [-0.3, -0.25) is 4.79 Å². The van der Waals surface area contributed by atoms with Gasteiger partial charge >= 0.3 is 6.03 Å². The number of urea groups is 1. The molecule has 134 valence electrons. The Bertz CT molecular complexity index is 910. The Kier molecular flexibility index (Phi) is 4.95. The van der Waals surface area contributed by atoms with Crippen molar-refractivity contribution < 1.29 is 14.0 Å². The number of allylic oxidation sites excluding steroid dienone is 1. The molecule has 0 saturated heterocycles. The highest BCUT2D eigenvalue weighted by atomic mass is 35.5. The second-order valence-electron chi connectivity index (χ2n) is 6.04. The van der Waals surface area contributed by atoms with E-state index in [-0.39, 0.29) is 5.91 Å². The van der Waals surface area contributed by atoms with E-state index in [9.17, 15) is 14.0 Å². The summed E-state index contributed by atoms with van der Waals surface area (Å²) in [6, 6.07) is 9.74. The third kappa shape index (κ3) is 3.70. The fraction of sp³-hybridized carbons (Fsp3) is 0.158. The molecule has 0 radical (unpaired) electrons. The van der Waals surface area contributed by atoms with Crippen LogP contribution in [0.2, 0.25) is 5.02 Å². The van der Waals surface area contributed by atoms with Gasteiger partial charge in [0.25, 0.3) is 5.91 Å². The summed E-state index contributed by atoms with van der Waals surface area (Å²) < 4.78 is 13.2. The number of carbonyl (C=O) groups is 2. The molecular formula is C19H17ClFN3O2. The van der Waals surface area contributed by atoms with Gasteiger partial charge in [-0.15, -0.1) is 0 Å². The molecule has 0 saturated carbocycles. The molecule has 3 rings (SSSR count). The zero-order valence-corrected chi connectivity index (χ0v) is 14.9. The lowest BCUT2D eigenvalue weighted by atomic mass is 9.94. The van der Waals surface area contributed by atoms with E-state index in [1.807, 2.05) is 6.92 Å². The molecule has 3 N–H and O–H groups in total. The zero-order chi connectivity index (χ0) is 18.8. The van der Waals surface area contributed by atoms with E-state index in [0.29, 0.717) is 27.5 Å². The lowest BCUT2D eigenvalue weighted by molar-refractivity contribution is -0.113. The summed E-state index contributed by atoms with van der Waals surface area (Å²) in [5.74, 6) is -0.773. The number of halogens is 2. The van der Waals surface area contributed by atoms with Gasteiger partial charge in [-0.25, -0.2) is 9.18 Å². The van der Waals surface area contributed by atoms with Crippen molar-refractivity contribution in [2.24, 2.45) is 0 Å². The smallest absolute Gasteiger partial charge is 0.319 e. The maximum Gasteiger partial charge on any atom is 0.319 e. The molecule has 1 unspecified atom stereocenters. The summed E-state index contributed by atoms with van der Waals surface area (Å²) in [6.07, 6.45) is 0. The van der Waals surface area contributed by atoms with Crippen LogP contribution in [0.25, 0.3) is 0 Å². The predicted molar refractivity (Wildman–Crippen MR) is 98.3 cm³/mol. The van der Waals surface area contributed by atoms with Gasteiger partial charge in [-0.1, -0.05) is 29.8 Å². The number of benzene rings is 2. The highest BCUT2D eigenvalue weighted by Crippen LogP contribution is 2.29. The minimum atomic E-state index is -0.691. The Balaban J connectivity index is 1.96. The number of nitrogens with one attached hydrogen (secondary N) is 3. The van der Waals surface area contributed by atoms with Crippen LogP contribution in [0.5, 0.6) is 0 Å². The molecule has 0 bridgehead atoms. The molecule has 7 heteroatoms. The minimum absolute atomic E-state index is 0.343. The number of hydrogen-bond acceptors (Lipinski definition) is 2. The molecule has 0 fully saturated rings. The monoisotopic (exact) mass is 373 g/mol. The molecule has 26 heavy (non-hydrogen) atoms. The van der Waals surface area contributed by atoms with E-state index in [4.69, 9.17) is 11.6 Å².